The number of pyridine rings is 1. The fourth-order valence-electron chi connectivity index (χ4n) is 1.73. The normalized spacial score (nSPS) is 11.3. The highest BCUT2D eigenvalue weighted by molar-refractivity contribution is 9.10. The van der Waals surface area contributed by atoms with Crippen molar-refractivity contribution in [2.75, 3.05) is 4.72 Å². The Kier molecular flexibility index (Phi) is 4.42. The van der Waals surface area contributed by atoms with Gasteiger partial charge in [-0.3, -0.25) is 9.71 Å². The third kappa shape index (κ3) is 3.17. The summed E-state index contributed by atoms with van der Waals surface area (Å²) in [6.45, 7) is 1.56. The smallest absolute Gasteiger partial charge is 0.263 e. The number of aromatic nitrogens is 1. The molecule has 0 radical (unpaired) electrons. The van der Waals surface area contributed by atoms with Crippen LogP contribution in [0, 0.1) is 6.92 Å². The van der Waals surface area contributed by atoms with Gasteiger partial charge in [0.2, 0.25) is 0 Å². The van der Waals surface area contributed by atoms with Gasteiger partial charge in [-0.2, -0.15) is 0 Å². The molecule has 1 heterocycles. The van der Waals surface area contributed by atoms with Crippen LogP contribution in [0.1, 0.15) is 11.1 Å². The van der Waals surface area contributed by atoms with Crippen LogP contribution in [0.2, 0.25) is 0 Å². The highest BCUT2D eigenvalue weighted by Gasteiger charge is 2.20. The molecule has 7 heteroatoms. The predicted octanol–water partition coefficient (Wildman–Crippen LogP) is 2.45. The molecular weight excluding hydrogens is 344 g/mol. The van der Waals surface area contributed by atoms with Gasteiger partial charge in [0, 0.05) is 16.9 Å². The van der Waals surface area contributed by atoms with Crippen molar-refractivity contribution in [3.8, 4) is 0 Å². The summed E-state index contributed by atoms with van der Waals surface area (Å²) in [6, 6.07) is 6.30. The molecule has 0 unspecified atom stereocenters. The molecule has 0 amide bonds. The molecule has 1 aromatic carbocycles. The third-order valence-corrected chi connectivity index (χ3v) is 5.41. The molecule has 0 spiro atoms. The van der Waals surface area contributed by atoms with Crippen molar-refractivity contribution >= 4 is 31.6 Å². The first-order valence-electron chi connectivity index (χ1n) is 5.77. The number of hydrogen-bond acceptors (Lipinski definition) is 4. The quantitative estimate of drug-likeness (QED) is 0.881. The van der Waals surface area contributed by atoms with Gasteiger partial charge in [0.1, 0.15) is 4.90 Å². The standard InChI is InChI=1S/C13H13BrN2O3S/c1-9-6-10(8-17)7-12(13(9)14)20(18,19)16-11-2-4-15-5-3-11/h2-7,17H,8H2,1H3,(H,15,16). The third-order valence-electron chi connectivity index (χ3n) is 2.69. The summed E-state index contributed by atoms with van der Waals surface area (Å²) in [5.74, 6) is 0. The highest BCUT2D eigenvalue weighted by atomic mass is 79.9. The molecule has 0 saturated carbocycles. The van der Waals surface area contributed by atoms with Gasteiger partial charge in [-0.15, -0.1) is 0 Å². The first kappa shape index (κ1) is 15.0. The molecule has 2 aromatic rings. The number of nitrogens with one attached hydrogen (secondary N) is 1. The van der Waals surface area contributed by atoms with E-state index in [4.69, 9.17) is 0 Å². The van der Waals surface area contributed by atoms with Crippen molar-refractivity contribution in [3.63, 3.8) is 0 Å². The minimum Gasteiger partial charge on any atom is -0.392 e. The van der Waals surface area contributed by atoms with Crippen molar-refractivity contribution < 1.29 is 13.5 Å². The van der Waals surface area contributed by atoms with Gasteiger partial charge in [0.15, 0.2) is 0 Å². The van der Waals surface area contributed by atoms with Gasteiger partial charge < -0.3 is 5.11 Å². The number of nitrogens with zero attached hydrogens (tertiary/aromatic N) is 1. The summed E-state index contributed by atoms with van der Waals surface area (Å²) in [7, 11) is -3.73. The van der Waals surface area contributed by atoms with Crippen LogP contribution >= 0.6 is 15.9 Å². The average Bonchev–Trinajstić information content (AvgIpc) is 2.42. The number of aliphatic hydroxyl groups excluding tert-OH is 1. The number of hydrogen-bond donors (Lipinski definition) is 2. The number of aliphatic hydroxyl groups is 1. The van der Waals surface area contributed by atoms with E-state index in [1.54, 1.807) is 25.1 Å². The average molecular weight is 357 g/mol. The summed E-state index contributed by atoms with van der Waals surface area (Å²) < 4.78 is 27.8. The Labute approximate surface area is 125 Å². The van der Waals surface area contributed by atoms with Crippen LogP contribution in [-0.4, -0.2) is 18.5 Å². The van der Waals surface area contributed by atoms with Gasteiger partial charge in [0.05, 0.1) is 12.3 Å². The number of anilines is 1. The SMILES string of the molecule is Cc1cc(CO)cc(S(=O)(=O)Nc2ccncc2)c1Br. The molecule has 0 atom stereocenters. The first-order valence-corrected chi connectivity index (χ1v) is 8.04. The number of sulfonamides is 1. The van der Waals surface area contributed by atoms with E-state index < -0.39 is 10.0 Å². The second kappa shape index (κ2) is 5.90. The van der Waals surface area contributed by atoms with Crippen molar-refractivity contribution in [2.45, 2.75) is 18.4 Å². The van der Waals surface area contributed by atoms with E-state index in [2.05, 4.69) is 25.6 Å². The topological polar surface area (TPSA) is 79.3 Å². The van der Waals surface area contributed by atoms with Gasteiger partial charge in [-0.25, -0.2) is 8.42 Å². The van der Waals surface area contributed by atoms with E-state index in [1.165, 1.54) is 18.5 Å². The maximum atomic E-state index is 12.4. The monoisotopic (exact) mass is 356 g/mol. The molecule has 5 nitrogen and oxygen atoms in total. The lowest BCUT2D eigenvalue weighted by Crippen LogP contribution is -2.14. The Balaban J connectivity index is 2.47. The van der Waals surface area contributed by atoms with Gasteiger partial charge in [0.25, 0.3) is 10.0 Å². The van der Waals surface area contributed by atoms with Crippen LogP contribution in [0.15, 0.2) is 46.0 Å². The van der Waals surface area contributed by atoms with Gasteiger partial charge >= 0.3 is 0 Å². The molecule has 0 bridgehead atoms. The van der Waals surface area contributed by atoms with Gasteiger partial charge in [-0.1, -0.05) is 6.07 Å². The molecule has 106 valence electrons. The zero-order chi connectivity index (χ0) is 14.8. The van der Waals surface area contributed by atoms with Crippen LogP contribution in [0.3, 0.4) is 0 Å². The molecular formula is C13H13BrN2O3S. The zero-order valence-corrected chi connectivity index (χ0v) is 13.1. The van der Waals surface area contributed by atoms with Crippen LogP contribution in [0.25, 0.3) is 0 Å². The Hall–Kier alpha value is -1.44. The molecule has 0 saturated heterocycles. The van der Waals surface area contributed by atoms with Gasteiger partial charge in [-0.05, 0) is 52.2 Å². The number of rotatable bonds is 4. The second-order valence-electron chi connectivity index (χ2n) is 4.22. The van der Waals surface area contributed by atoms with E-state index >= 15 is 0 Å². The highest BCUT2D eigenvalue weighted by Crippen LogP contribution is 2.28. The molecule has 1 aromatic heterocycles. The summed E-state index contributed by atoms with van der Waals surface area (Å²) in [5.41, 5.74) is 1.71. The van der Waals surface area contributed by atoms with Crippen LogP contribution in [-0.2, 0) is 16.6 Å². The lowest BCUT2D eigenvalue weighted by Gasteiger charge is -2.12. The van der Waals surface area contributed by atoms with Crippen molar-refractivity contribution in [1.82, 2.24) is 4.98 Å². The van der Waals surface area contributed by atoms with E-state index in [0.717, 1.165) is 5.56 Å². The summed E-state index contributed by atoms with van der Waals surface area (Å²) in [5, 5.41) is 9.19. The van der Waals surface area contributed by atoms with E-state index in [1.807, 2.05) is 0 Å². The zero-order valence-electron chi connectivity index (χ0n) is 10.7. The molecule has 2 N–H and O–H groups in total. The van der Waals surface area contributed by atoms with Crippen molar-refractivity contribution in [2.24, 2.45) is 0 Å². The Morgan fingerprint density at radius 1 is 1.30 bits per heavy atom. The molecule has 20 heavy (non-hydrogen) atoms. The fraction of sp³-hybridized carbons (Fsp3) is 0.154. The number of aryl methyl sites for hydroxylation is 1. The first-order chi connectivity index (χ1) is 9.44. The Morgan fingerprint density at radius 3 is 2.55 bits per heavy atom. The lowest BCUT2D eigenvalue weighted by molar-refractivity contribution is 0.281. The van der Waals surface area contributed by atoms with Crippen molar-refractivity contribution in [1.29, 1.82) is 0 Å². The maximum absolute atomic E-state index is 12.4. The maximum Gasteiger partial charge on any atom is 0.263 e. The molecule has 0 aliphatic rings. The Bertz CT molecular complexity index is 718. The number of benzene rings is 1. The second-order valence-corrected chi connectivity index (χ2v) is 6.67. The lowest BCUT2D eigenvalue weighted by atomic mass is 10.1. The minimum atomic E-state index is -3.73. The predicted molar refractivity (Wildman–Crippen MR) is 79.8 cm³/mol. The molecule has 0 aliphatic carbocycles. The number of halogens is 1. The minimum absolute atomic E-state index is 0.0957. The summed E-state index contributed by atoms with van der Waals surface area (Å²) >= 11 is 3.28. The summed E-state index contributed by atoms with van der Waals surface area (Å²) in [6.07, 6.45) is 3.00. The summed E-state index contributed by atoms with van der Waals surface area (Å²) in [4.78, 5) is 3.93. The largest absolute Gasteiger partial charge is 0.392 e. The van der Waals surface area contributed by atoms with E-state index in [-0.39, 0.29) is 11.5 Å². The van der Waals surface area contributed by atoms with Crippen molar-refractivity contribution in [3.05, 3.63) is 52.3 Å². The molecule has 0 aliphatic heterocycles. The fourth-order valence-corrected chi connectivity index (χ4v) is 3.85. The molecule has 2 rings (SSSR count). The molecule has 0 fully saturated rings. The van der Waals surface area contributed by atoms with Crippen LogP contribution < -0.4 is 4.72 Å². The van der Waals surface area contributed by atoms with E-state index in [0.29, 0.717) is 15.7 Å². The van der Waals surface area contributed by atoms with Crippen LogP contribution in [0.4, 0.5) is 5.69 Å². The van der Waals surface area contributed by atoms with E-state index in [9.17, 15) is 13.5 Å². The Morgan fingerprint density at radius 2 is 1.95 bits per heavy atom. The van der Waals surface area contributed by atoms with Crippen LogP contribution in [0.5, 0.6) is 0 Å².